The number of nitrogens with zero attached hydrogens (tertiary/aromatic N) is 1. The molecule has 0 atom stereocenters. The second kappa shape index (κ2) is 6.15. The molecule has 0 saturated carbocycles. The van der Waals surface area contributed by atoms with Gasteiger partial charge in [-0.2, -0.15) is 0 Å². The first-order valence-corrected chi connectivity index (χ1v) is 6.96. The largest absolute Gasteiger partial charge is 0.310 e. The van der Waals surface area contributed by atoms with Gasteiger partial charge in [0.25, 0.3) is 0 Å². The molecule has 17 heavy (non-hydrogen) atoms. The highest BCUT2D eigenvalue weighted by atomic mass is 35.5. The zero-order valence-electron chi connectivity index (χ0n) is 9.74. The topological polar surface area (TPSA) is 24.9 Å². The van der Waals surface area contributed by atoms with Crippen molar-refractivity contribution in [1.82, 2.24) is 10.3 Å². The van der Waals surface area contributed by atoms with E-state index in [0.29, 0.717) is 0 Å². The van der Waals surface area contributed by atoms with Crippen molar-refractivity contribution in [2.24, 2.45) is 0 Å². The second-order valence-electron chi connectivity index (χ2n) is 3.81. The summed E-state index contributed by atoms with van der Waals surface area (Å²) in [6.07, 6.45) is 1.15. The minimum atomic E-state index is 0.758. The molecule has 0 bridgehead atoms. The number of hydrogen-bond acceptors (Lipinski definition) is 3. The number of thiazole rings is 1. The molecule has 0 amide bonds. The van der Waals surface area contributed by atoms with Gasteiger partial charge in [0.15, 0.2) is 0 Å². The Morgan fingerprint density at radius 2 is 2.06 bits per heavy atom. The number of benzene rings is 1. The zero-order valence-corrected chi connectivity index (χ0v) is 11.3. The van der Waals surface area contributed by atoms with Crippen molar-refractivity contribution in [3.05, 3.63) is 39.7 Å². The molecule has 0 radical (unpaired) electrons. The fourth-order valence-electron chi connectivity index (χ4n) is 1.52. The van der Waals surface area contributed by atoms with Crippen LogP contribution in [0, 0.1) is 0 Å². The first-order chi connectivity index (χ1) is 8.29. The molecule has 1 aromatic carbocycles. The molecular formula is C13H15ClN2S. The normalized spacial score (nSPS) is 10.7. The molecule has 0 fully saturated rings. The van der Waals surface area contributed by atoms with Gasteiger partial charge in [0.1, 0.15) is 5.01 Å². The molecule has 2 aromatic rings. The van der Waals surface area contributed by atoms with E-state index in [1.54, 1.807) is 11.3 Å². The van der Waals surface area contributed by atoms with E-state index >= 15 is 0 Å². The van der Waals surface area contributed by atoms with Crippen LogP contribution in [0.1, 0.15) is 18.4 Å². The summed E-state index contributed by atoms with van der Waals surface area (Å²) in [5.74, 6) is 0. The van der Waals surface area contributed by atoms with Crippen molar-refractivity contribution >= 4 is 22.9 Å². The molecule has 0 saturated heterocycles. The van der Waals surface area contributed by atoms with Crippen molar-refractivity contribution in [2.45, 2.75) is 19.9 Å². The molecule has 0 aliphatic rings. The predicted molar refractivity (Wildman–Crippen MR) is 74.6 cm³/mol. The van der Waals surface area contributed by atoms with Gasteiger partial charge in [-0.15, -0.1) is 11.3 Å². The minimum Gasteiger partial charge on any atom is -0.310 e. The Labute approximate surface area is 111 Å². The first-order valence-electron chi connectivity index (χ1n) is 5.70. The van der Waals surface area contributed by atoms with E-state index < -0.39 is 0 Å². The summed E-state index contributed by atoms with van der Waals surface area (Å²) in [6.45, 7) is 4.05. The summed E-state index contributed by atoms with van der Waals surface area (Å²) in [6, 6.07) is 7.79. The third-order valence-electron chi connectivity index (χ3n) is 2.39. The van der Waals surface area contributed by atoms with E-state index in [2.05, 4.69) is 22.6 Å². The molecule has 90 valence electrons. The van der Waals surface area contributed by atoms with Gasteiger partial charge in [0.05, 0.1) is 5.69 Å². The number of halogens is 1. The number of rotatable bonds is 5. The van der Waals surface area contributed by atoms with Crippen LogP contribution in [0.2, 0.25) is 5.02 Å². The Kier molecular flexibility index (Phi) is 4.54. The molecule has 1 N–H and O–H groups in total. The Morgan fingerprint density at radius 3 is 2.76 bits per heavy atom. The molecular weight excluding hydrogens is 252 g/mol. The van der Waals surface area contributed by atoms with Gasteiger partial charge in [-0.05, 0) is 25.1 Å². The van der Waals surface area contributed by atoms with Crippen LogP contribution in [0.25, 0.3) is 11.3 Å². The molecule has 1 aromatic heterocycles. The lowest BCUT2D eigenvalue weighted by atomic mass is 10.2. The van der Waals surface area contributed by atoms with Crippen molar-refractivity contribution in [2.75, 3.05) is 6.54 Å². The van der Waals surface area contributed by atoms with Crippen LogP contribution < -0.4 is 5.32 Å². The summed E-state index contributed by atoms with van der Waals surface area (Å²) in [5.41, 5.74) is 2.15. The quantitative estimate of drug-likeness (QED) is 0.829. The highest BCUT2D eigenvalue weighted by Crippen LogP contribution is 2.23. The van der Waals surface area contributed by atoms with Crippen LogP contribution in [0.15, 0.2) is 29.6 Å². The third-order valence-corrected chi connectivity index (χ3v) is 3.50. The summed E-state index contributed by atoms with van der Waals surface area (Å²) in [5, 5.41) is 7.33. The average Bonchev–Trinajstić information content (AvgIpc) is 2.79. The Hall–Kier alpha value is -0.900. The Balaban J connectivity index is 2.04. The molecule has 0 aliphatic carbocycles. The van der Waals surface area contributed by atoms with E-state index in [4.69, 9.17) is 11.6 Å². The van der Waals surface area contributed by atoms with E-state index in [1.807, 2.05) is 24.3 Å². The fraction of sp³-hybridized carbons (Fsp3) is 0.308. The number of hydrogen-bond donors (Lipinski definition) is 1. The summed E-state index contributed by atoms with van der Waals surface area (Å²) < 4.78 is 0. The Morgan fingerprint density at radius 1 is 1.29 bits per heavy atom. The van der Waals surface area contributed by atoms with Crippen LogP contribution in [0.3, 0.4) is 0 Å². The maximum atomic E-state index is 5.86. The lowest BCUT2D eigenvalue weighted by Crippen LogP contribution is -2.13. The SMILES string of the molecule is CCCNCc1nc(-c2ccc(Cl)cc2)cs1. The molecule has 1 heterocycles. The average molecular weight is 267 g/mol. The summed E-state index contributed by atoms with van der Waals surface area (Å²) >= 11 is 7.55. The smallest absolute Gasteiger partial charge is 0.107 e. The van der Waals surface area contributed by atoms with Gasteiger partial charge in [-0.3, -0.25) is 0 Å². The highest BCUT2D eigenvalue weighted by molar-refractivity contribution is 7.09. The summed E-state index contributed by atoms with van der Waals surface area (Å²) in [7, 11) is 0. The minimum absolute atomic E-state index is 0.758. The van der Waals surface area contributed by atoms with Gasteiger partial charge in [-0.1, -0.05) is 30.7 Å². The molecule has 2 nitrogen and oxygen atoms in total. The molecule has 2 rings (SSSR count). The zero-order chi connectivity index (χ0) is 12.1. The molecule has 0 spiro atoms. The van der Waals surface area contributed by atoms with Crippen LogP contribution in [0.4, 0.5) is 0 Å². The van der Waals surface area contributed by atoms with Gasteiger partial charge in [0, 0.05) is 22.5 Å². The van der Waals surface area contributed by atoms with E-state index in [1.165, 1.54) is 0 Å². The van der Waals surface area contributed by atoms with E-state index in [-0.39, 0.29) is 0 Å². The standard InChI is InChI=1S/C13H15ClN2S/c1-2-7-15-8-13-16-12(9-17-13)10-3-5-11(14)6-4-10/h3-6,9,15H,2,7-8H2,1H3. The lowest BCUT2D eigenvalue weighted by molar-refractivity contribution is 0.673. The maximum Gasteiger partial charge on any atom is 0.107 e. The van der Waals surface area contributed by atoms with Gasteiger partial charge >= 0.3 is 0 Å². The van der Waals surface area contributed by atoms with Crippen LogP contribution in [-0.2, 0) is 6.54 Å². The first kappa shape index (κ1) is 12.6. The summed E-state index contributed by atoms with van der Waals surface area (Å²) in [4.78, 5) is 4.59. The van der Waals surface area contributed by atoms with Crippen LogP contribution >= 0.6 is 22.9 Å². The third kappa shape index (κ3) is 3.53. The molecule has 0 unspecified atom stereocenters. The van der Waals surface area contributed by atoms with Crippen molar-refractivity contribution < 1.29 is 0 Å². The van der Waals surface area contributed by atoms with E-state index in [9.17, 15) is 0 Å². The fourth-order valence-corrected chi connectivity index (χ4v) is 2.42. The van der Waals surface area contributed by atoms with Gasteiger partial charge in [0.2, 0.25) is 0 Å². The Bertz CT molecular complexity index is 465. The van der Waals surface area contributed by atoms with Crippen molar-refractivity contribution in [3.8, 4) is 11.3 Å². The van der Waals surface area contributed by atoms with E-state index in [0.717, 1.165) is 40.8 Å². The number of nitrogens with one attached hydrogen (secondary N) is 1. The van der Waals surface area contributed by atoms with Crippen LogP contribution in [-0.4, -0.2) is 11.5 Å². The molecule has 4 heteroatoms. The van der Waals surface area contributed by atoms with Gasteiger partial charge < -0.3 is 5.32 Å². The maximum absolute atomic E-state index is 5.86. The second-order valence-corrected chi connectivity index (χ2v) is 5.19. The van der Waals surface area contributed by atoms with Crippen molar-refractivity contribution in [1.29, 1.82) is 0 Å². The lowest BCUT2D eigenvalue weighted by Gasteiger charge is -1.98. The van der Waals surface area contributed by atoms with Crippen LogP contribution in [0.5, 0.6) is 0 Å². The number of aromatic nitrogens is 1. The predicted octanol–water partition coefficient (Wildman–Crippen LogP) is 3.96. The van der Waals surface area contributed by atoms with Gasteiger partial charge in [-0.25, -0.2) is 4.98 Å². The highest BCUT2D eigenvalue weighted by Gasteiger charge is 2.03. The molecule has 0 aliphatic heterocycles. The van der Waals surface area contributed by atoms with Crippen molar-refractivity contribution in [3.63, 3.8) is 0 Å². The monoisotopic (exact) mass is 266 g/mol.